The van der Waals surface area contributed by atoms with Crippen LogP contribution in [-0.4, -0.2) is 49.0 Å². The highest BCUT2D eigenvalue weighted by Crippen LogP contribution is 2.30. The minimum Gasteiger partial charge on any atom is -0.396 e. The van der Waals surface area contributed by atoms with Gasteiger partial charge in [-0.2, -0.15) is 0 Å². The highest BCUT2D eigenvalue weighted by Gasteiger charge is 2.37. The van der Waals surface area contributed by atoms with Gasteiger partial charge < -0.3 is 20.7 Å². The summed E-state index contributed by atoms with van der Waals surface area (Å²) in [5.41, 5.74) is 6.66. The van der Waals surface area contributed by atoms with Gasteiger partial charge in [0.15, 0.2) is 17.7 Å². The van der Waals surface area contributed by atoms with Gasteiger partial charge in [-0.1, -0.05) is 0 Å². The van der Waals surface area contributed by atoms with Crippen molar-refractivity contribution in [3.63, 3.8) is 0 Å². The Labute approximate surface area is 102 Å². The molecule has 0 aliphatic carbocycles. The maximum absolute atomic E-state index is 10.0. The maximum Gasteiger partial charge on any atom is 0.167 e. The van der Waals surface area contributed by atoms with E-state index < -0.39 is 12.3 Å². The van der Waals surface area contributed by atoms with Gasteiger partial charge in [0.1, 0.15) is 17.9 Å². The molecule has 18 heavy (non-hydrogen) atoms. The zero-order valence-electron chi connectivity index (χ0n) is 9.47. The summed E-state index contributed by atoms with van der Waals surface area (Å²) >= 11 is 0. The zero-order chi connectivity index (χ0) is 12.7. The Bertz CT molecular complexity index is 572. The lowest BCUT2D eigenvalue weighted by Crippen LogP contribution is -2.26. The van der Waals surface area contributed by atoms with Crippen molar-refractivity contribution < 1.29 is 14.9 Å². The third-order valence-electron chi connectivity index (χ3n) is 3.15. The van der Waals surface area contributed by atoms with E-state index in [4.69, 9.17) is 15.6 Å². The van der Waals surface area contributed by atoms with Gasteiger partial charge in [-0.15, -0.1) is 0 Å². The molecule has 3 rings (SSSR count). The number of aliphatic hydroxyl groups is 2. The lowest BCUT2D eigenvalue weighted by molar-refractivity contribution is -0.0108. The average molecular weight is 251 g/mol. The third kappa shape index (κ3) is 1.54. The Hall–Kier alpha value is -1.77. The predicted octanol–water partition coefficient (Wildman–Crippen LogP) is -1.09. The van der Waals surface area contributed by atoms with Gasteiger partial charge >= 0.3 is 0 Å². The van der Waals surface area contributed by atoms with E-state index in [1.165, 1.54) is 12.7 Å². The Balaban J connectivity index is 2.03. The molecular formula is C10H13N5O3. The van der Waals surface area contributed by atoms with E-state index >= 15 is 0 Å². The van der Waals surface area contributed by atoms with Crippen molar-refractivity contribution in [3.8, 4) is 0 Å². The van der Waals surface area contributed by atoms with Gasteiger partial charge in [-0.25, -0.2) is 15.0 Å². The normalized spacial score (nSPS) is 28.0. The van der Waals surface area contributed by atoms with Crippen molar-refractivity contribution in [2.75, 3.05) is 18.9 Å². The number of aromatic nitrogens is 4. The first kappa shape index (κ1) is 11.3. The summed E-state index contributed by atoms with van der Waals surface area (Å²) in [7, 11) is 0. The smallest absolute Gasteiger partial charge is 0.167 e. The van der Waals surface area contributed by atoms with E-state index in [0.717, 1.165) is 0 Å². The maximum atomic E-state index is 10.0. The molecule has 8 heteroatoms. The summed E-state index contributed by atoms with van der Waals surface area (Å²) in [6.45, 7) is 0.171. The van der Waals surface area contributed by atoms with Gasteiger partial charge in [-0.3, -0.25) is 4.57 Å². The minimum atomic E-state index is -0.802. The first-order chi connectivity index (χ1) is 8.72. The van der Waals surface area contributed by atoms with Crippen LogP contribution in [0.3, 0.4) is 0 Å². The van der Waals surface area contributed by atoms with Crippen LogP contribution in [0.1, 0.15) is 6.23 Å². The van der Waals surface area contributed by atoms with E-state index in [9.17, 15) is 5.11 Å². The molecule has 1 aliphatic heterocycles. The van der Waals surface area contributed by atoms with Gasteiger partial charge in [0.25, 0.3) is 0 Å². The molecule has 96 valence electrons. The molecule has 1 aliphatic rings. The van der Waals surface area contributed by atoms with Crippen molar-refractivity contribution in [2.45, 2.75) is 12.3 Å². The number of fused-ring (bicyclic) bond motifs is 1. The van der Waals surface area contributed by atoms with E-state index in [1.807, 2.05) is 0 Å². The van der Waals surface area contributed by atoms with Crippen LogP contribution in [0.4, 0.5) is 5.82 Å². The van der Waals surface area contributed by atoms with E-state index in [0.29, 0.717) is 17.8 Å². The van der Waals surface area contributed by atoms with Gasteiger partial charge in [0.2, 0.25) is 0 Å². The molecule has 3 heterocycles. The van der Waals surface area contributed by atoms with E-state index in [-0.39, 0.29) is 18.3 Å². The van der Waals surface area contributed by atoms with Crippen LogP contribution in [0.5, 0.6) is 0 Å². The lowest BCUT2D eigenvalue weighted by Gasteiger charge is -2.17. The van der Waals surface area contributed by atoms with Crippen molar-refractivity contribution in [3.05, 3.63) is 12.7 Å². The number of ether oxygens (including phenoxy) is 1. The molecule has 4 N–H and O–H groups in total. The summed E-state index contributed by atoms with van der Waals surface area (Å²) in [6, 6.07) is 0. The first-order valence-corrected chi connectivity index (χ1v) is 5.56. The number of nitrogen functional groups attached to an aromatic ring is 1. The fourth-order valence-corrected chi connectivity index (χ4v) is 2.11. The lowest BCUT2D eigenvalue weighted by atomic mass is 10.1. The quantitative estimate of drug-likeness (QED) is 0.620. The molecule has 8 nitrogen and oxygen atoms in total. The highest BCUT2D eigenvalue weighted by atomic mass is 16.5. The SMILES string of the molecule is Nc1ncnc2c1ncn2[C@H]1OC[C@@H](CO)C1O. The zero-order valence-corrected chi connectivity index (χ0v) is 9.47. The Kier molecular flexibility index (Phi) is 2.62. The van der Waals surface area contributed by atoms with Gasteiger partial charge in [-0.05, 0) is 0 Å². The molecule has 0 spiro atoms. The second-order valence-corrected chi connectivity index (χ2v) is 4.24. The fraction of sp³-hybridized carbons (Fsp3) is 0.500. The molecular weight excluding hydrogens is 238 g/mol. The summed E-state index contributed by atoms with van der Waals surface area (Å²) in [5, 5.41) is 19.1. The van der Waals surface area contributed by atoms with Crippen LogP contribution < -0.4 is 5.73 Å². The topological polar surface area (TPSA) is 119 Å². The minimum absolute atomic E-state index is 0.124. The summed E-state index contributed by atoms with van der Waals surface area (Å²) < 4.78 is 7.08. The van der Waals surface area contributed by atoms with E-state index in [2.05, 4.69) is 15.0 Å². The number of imidazole rings is 1. The third-order valence-corrected chi connectivity index (χ3v) is 3.15. The molecule has 3 atom stereocenters. The Morgan fingerprint density at radius 3 is 3.00 bits per heavy atom. The van der Waals surface area contributed by atoms with Crippen molar-refractivity contribution in [1.82, 2.24) is 19.5 Å². The molecule has 1 saturated heterocycles. The van der Waals surface area contributed by atoms with Crippen LogP contribution in [0, 0.1) is 5.92 Å². The van der Waals surface area contributed by atoms with Crippen LogP contribution in [-0.2, 0) is 4.74 Å². The second kappa shape index (κ2) is 4.16. The van der Waals surface area contributed by atoms with Crippen LogP contribution in [0.15, 0.2) is 12.7 Å². The second-order valence-electron chi connectivity index (χ2n) is 4.24. The summed E-state index contributed by atoms with van der Waals surface area (Å²) in [4.78, 5) is 12.0. The number of hydrogen-bond donors (Lipinski definition) is 3. The molecule has 1 fully saturated rings. The highest BCUT2D eigenvalue weighted by molar-refractivity contribution is 5.81. The molecule has 0 saturated carbocycles. The fourth-order valence-electron chi connectivity index (χ4n) is 2.11. The Morgan fingerprint density at radius 1 is 1.44 bits per heavy atom. The largest absolute Gasteiger partial charge is 0.396 e. The summed E-state index contributed by atoms with van der Waals surface area (Å²) in [5.74, 6) is -0.0171. The van der Waals surface area contributed by atoms with Crippen LogP contribution in [0.2, 0.25) is 0 Å². The molecule has 2 aromatic rings. The Morgan fingerprint density at radius 2 is 2.28 bits per heavy atom. The summed E-state index contributed by atoms with van der Waals surface area (Å²) in [6.07, 6.45) is 1.43. The number of nitrogens with two attached hydrogens (primary N) is 1. The molecule has 0 bridgehead atoms. The molecule has 2 aromatic heterocycles. The average Bonchev–Trinajstić information content (AvgIpc) is 2.93. The first-order valence-electron chi connectivity index (χ1n) is 5.56. The van der Waals surface area contributed by atoms with Crippen LogP contribution >= 0.6 is 0 Å². The molecule has 0 aromatic carbocycles. The molecule has 0 amide bonds. The number of rotatable bonds is 2. The number of hydrogen-bond acceptors (Lipinski definition) is 7. The van der Waals surface area contributed by atoms with E-state index in [1.54, 1.807) is 4.57 Å². The number of aliphatic hydroxyl groups excluding tert-OH is 2. The van der Waals surface area contributed by atoms with Crippen molar-refractivity contribution in [2.24, 2.45) is 5.92 Å². The van der Waals surface area contributed by atoms with Gasteiger partial charge in [0.05, 0.1) is 19.5 Å². The van der Waals surface area contributed by atoms with Crippen LogP contribution in [0.25, 0.3) is 11.2 Å². The van der Waals surface area contributed by atoms with Gasteiger partial charge in [0, 0.05) is 5.92 Å². The molecule has 0 radical (unpaired) electrons. The molecule has 1 unspecified atom stereocenters. The number of anilines is 1. The number of nitrogens with zero attached hydrogens (tertiary/aromatic N) is 4. The monoisotopic (exact) mass is 251 g/mol. The standard InChI is InChI=1S/C10H13N5O3/c11-8-6-9(13-3-12-8)15(4-14-6)10-7(17)5(1-16)2-18-10/h3-5,7,10,16-17H,1-2H2,(H2,11,12,13)/t5-,7?,10+/m1/s1. The van der Waals surface area contributed by atoms with Crippen molar-refractivity contribution >= 4 is 17.0 Å². The predicted molar refractivity (Wildman–Crippen MR) is 61.3 cm³/mol. The van der Waals surface area contributed by atoms with Crippen molar-refractivity contribution in [1.29, 1.82) is 0 Å².